The van der Waals surface area contributed by atoms with Gasteiger partial charge in [-0.05, 0) is 43.3 Å². The third-order valence-electron chi connectivity index (χ3n) is 3.06. The van der Waals surface area contributed by atoms with Crippen molar-refractivity contribution in [2.45, 2.75) is 19.3 Å². The van der Waals surface area contributed by atoms with Crippen LogP contribution in [0.3, 0.4) is 0 Å². The number of hydrogen-bond acceptors (Lipinski definition) is 3. The molecule has 0 saturated carbocycles. The number of nitriles is 1. The minimum Gasteiger partial charge on any atom is -0.478 e. The van der Waals surface area contributed by atoms with Crippen LogP contribution < -0.4 is 0 Å². The predicted molar refractivity (Wildman–Crippen MR) is 93.3 cm³/mol. The van der Waals surface area contributed by atoms with E-state index in [-0.39, 0.29) is 36.0 Å². The Labute approximate surface area is 163 Å². The van der Waals surface area contributed by atoms with Crippen LogP contribution >= 0.6 is 12.4 Å². The number of rotatable bonds is 2. The van der Waals surface area contributed by atoms with E-state index in [0.29, 0.717) is 0 Å². The van der Waals surface area contributed by atoms with Crippen molar-refractivity contribution in [2.75, 3.05) is 6.61 Å². The quantitative estimate of drug-likeness (QED) is 0.361. The molecular weight excluding hydrogens is 410 g/mol. The van der Waals surface area contributed by atoms with Crippen LogP contribution in [0.4, 0.5) is 26.3 Å². The summed E-state index contributed by atoms with van der Waals surface area (Å²) in [5, 5.41) is 15.7. The van der Waals surface area contributed by atoms with Crippen molar-refractivity contribution in [1.82, 2.24) is 0 Å². The number of alkyl halides is 6. The number of nitrogens with one attached hydrogen (secondary N) is 1. The average Bonchev–Trinajstić information content (AvgIpc) is 2.61. The van der Waals surface area contributed by atoms with Gasteiger partial charge in [0.2, 0.25) is 5.90 Å². The molecule has 3 nitrogen and oxygen atoms in total. The molecule has 0 heterocycles. The van der Waals surface area contributed by atoms with Gasteiger partial charge in [0.1, 0.15) is 0 Å². The van der Waals surface area contributed by atoms with Gasteiger partial charge >= 0.3 is 12.4 Å². The van der Waals surface area contributed by atoms with Crippen LogP contribution in [-0.4, -0.2) is 12.5 Å². The fourth-order valence-corrected chi connectivity index (χ4v) is 1.83. The van der Waals surface area contributed by atoms with Gasteiger partial charge in [0.25, 0.3) is 0 Å². The molecule has 0 aliphatic carbocycles. The van der Waals surface area contributed by atoms with Gasteiger partial charge in [-0.3, -0.25) is 5.41 Å². The summed E-state index contributed by atoms with van der Waals surface area (Å²) in [4.78, 5) is 0. The lowest BCUT2D eigenvalue weighted by Crippen LogP contribution is -2.09. The first-order valence-electron chi connectivity index (χ1n) is 7.45. The van der Waals surface area contributed by atoms with Gasteiger partial charge in [0.15, 0.2) is 0 Å². The van der Waals surface area contributed by atoms with Gasteiger partial charge in [0, 0.05) is 5.56 Å². The highest BCUT2D eigenvalue weighted by Gasteiger charge is 2.31. The molecule has 0 radical (unpaired) electrons. The lowest BCUT2D eigenvalue weighted by atomic mass is 10.1. The molecule has 0 atom stereocenters. The summed E-state index contributed by atoms with van der Waals surface area (Å²) in [5.74, 6) is -0.247. The first kappa shape index (κ1) is 25.3. The maximum Gasteiger partial charge on any atom is 0.416 e. The van der Waals surface area contributed by atoms with E-state index in [1.54, 1.807) is 13.0 Å². The Morgan fingerprint density at radius 1 is 0.964 bits per heavy atom. The van der Waals surface area contributed by atoms with Crippen molar-refractivity contribution in [3.8, 4) is 6.07 Å². The van der Waals surface area contributed by atoms with Crippen molar-refractivity contribution < 1.29 is 31.1 Å². The second-order valence-corrected chi connectivity index (χ2v) is 5.03. The average molecular weight is 425 g/mol. The molecule has 152 valence electrons. The highest BCUT2D eigenvalue weighted by molar-refractivity contribution is 5.91. The Morgan fingerprint density at radius 3 is 1.93 bits per heavy atom. The third kappa shape index (κ3) is 7.88. The van der Waals surface area contributed by atoms with Crippen LogP contribution in [0.2, 0.25) is 0 Å². The molecule has 0 aliphatic rings. The zero-order chi connectivity index (χ0) is 20.7. The first-order chi connectivity index (χ1) is 12.5. The van der Waals surface area contributed by atoms with Crippen LogP contribution in [-0.2, 0) is 17.1 Å². The summed E-state index contributed by atoms with van der Waals surface area (Å²) in [6, 6.07) is 10.5. The lowest BCUT2D eigenvalue weighted by molar-refractivity contribution is -0.138. The number of nitrogens with zero attached hydrogens (tertiary/aromatic N) is 1. The third-order valence-corrected chi connectivity index (χ3v) is 3.06. The van der Waals surface area contributed by atoms with Gasteiger partial charge in [0.05, 0.1) is 29.4 Å². The molecule has 0 amide bonds. The number of benzene rings is 2. The zero-order valence-electron chi connectivity index (χ0n) is 14.4. The van der Waals surface area contributed by atoms with E-state index in [4.69, 9.17) is 15.4 Å². The van der Waals surface area contributed by atoms with E-state index in [0.717, 1.165) is 24.3 Å². The summed E-state index contributed by atoms with van der Waals surface area (Å²) in [6.07, 6.45) is -8.75. The van der Waals surface area contributed by atoms with Crippen LogP contribution in [0.15, 0.2) is 48.5 Å². The molecule has 2 rings (SSSR count). The van der Waals surface area contributed by atoms with Crippen molar-refractivity contribution in [2.24, 2.45) is 0 Å². The predicted octanol–water partition coefficient (Wildman–Crippen LogP) is 6.07. The minimum absolute atomic E-state index is 0. The normalized spacial score (nSPS) is 10.6. The van der Waals surface area contributed by atoms with Crippen LogP contribution in [0.5, 0.6) is 0 Å². The van der Waals surface area contributed by atoms with Crippen LogP contribution in [0.1, 0.15) is 29.2 Å². The Kier molecular flexibility index (Phi) is 9.53. The second kappa shape index (κ2) is 10.6. The summed E-state index contributed by atoms with van der Waals surface area (Å²) >= 11 is 0. The van der Waals surface area contributed by atoms with E-state index < -0.39 is 23.5 Å². The van der Waals surface area contributed by atoms with Gasteiger partial charge in [-0.2, -0.15) is 31.6 Å². The molecular formula is C18H15ClF6N2O. The zero-order valence-corrected chi connectivity index (χ0v) is 15.2. The topological polar surface area (TPSA) is 56.9 Å². The molecule has 1 N–H and O–H groups in total. The van der Waals surface area contributed by atoms with Gasteiger partial charge in [-0.25, -0.2) is 0 Å². The van der Waals surface area contributed by atoms with Crippen molar-refractivity contribution in [1.29, 1.82) is 10.7 Å². The summed E-state index contributed by atoms with van der Waals surface area (Å²) in [6.45, 7) is 1.93. The Morgan fingerprint density at radius 2 is 1.46 bits per heavy atom. The van der Waals surface area contributed by atoms with Gasteiger partial charge < -0.3 is 4.74 Å². The summed E-state index contributed by atoms with van der Waals surface area (Å²) in [7, 11) is 0. The van der Waals surface area contributed by atoms with E-state index in [1.165, 1.54) is 24.3 Å². The number of halogens is 7. The minimum atomic E-state index is -4.39. The molecule has 2 aromatic carbocycles. The number of hydrogen-bond donors (Lipinski definition) is 1. The van der Waals surface area contributed by atoms with Crippen molar-refractivity contribution >= 4 is 18.3 Å². The Bertz CT molecular complexity index is 828. The number of ether oxygens (including phenoxy) is 1. The van der Waals surface area contributed by atoms with Crippen molar-refractivity contribution in [3.63, 3.8) is 0 Å². The molecule has 0 spiro atoms. The standard InChI is InChI=1S/C10H10F3NO.C8H4F3N.ClH/c1-2-15-9(14)7-4-3-5-8(6-7)10(11,12)13;9-8(10,11)7-3-1-2-6(4-7)5-12;/h3-6,14H,2H2,1H3;1-4H;1H. The van der Waals surface area contributed by atoms with Gasteiger partial charge in [-0.1, -0.05) is 12.1 Å². The molecule has 2 aromatic rings. The molecule has 28 heavy (non-hydrogen) atoms. The largest absolute Gasteiger partial charge is 0.478 e. The van der Waals surface area contributed by atoms with E-state index in [1.807, 2.05) is 0 Å². The summed E-state index contributed by atoms with van der Waals surface area (Å²) < 4.78 is 77.7. The SMILES string of the molecule is CCOC(=N)c1cccc(C(F)(F)F)c1.Cl.N#Cc1cccc(C(F)(F)F)c1. The summed E-state index contributed by atoms with van der Waals surface area (Å²) in [5.41, 5.74) is -1.41. The molecule has 0 saturated heterocycles. The molecule has 0 unspecified atom stereocenters. The Balaban J connectivity index is 0.000000514. The smallest absolute Gasteiger partial charge is 0.416 e. The lowest BCUT2D eigenvalue weighted by Gasteiger charge is -2.09. The fourth-order valence-electron chi connectivity index (χ4n) is 1.83. The maximum absolute atomic E-state index is 12.3. The fraction of sp³-hybridized carbons (Fsp3) is 0.222. The molecule has 0 bridgehead atoms. The highest BCUT2D eigenvalue weighted by atomic mass is 35.5. The molecule has 0 aromatic heterocycles. The highest BCUT2D eigenvalue weighted by Crippen LogP contribution is 2.30. The molecule has 10 heteroatoms. The van der Waals surface area contributed by atoms with E-state index in [2.05, 4.69) is 0 Å². The first-order valence-corrected chi connectivity index (χ1v) is 7.45. The Hall–Kier alpha value is -2.73. The maximum atomic E-state index is 12.3. The van der Waals surface area contributed by atoms with E-state index >= 15 is 0 Å². The van der Waals surface area contributed by atoms with Crippen LogP contribution in [0, 0.1) is 16.7 Å². The molecule has 0 aliphatic heterocycles. The van der Waals surface area contributed by atoms with Crippen LogP contribution in [0.25, 0.3) is 0 Å². The molecule has 0 fully saturated rings. The monoisotopic (exact) mass is 424 g/mol. The van der Waals surface area contributed by atoms with Crippen molar-refractivity contribution in [3.05, 3.63) is 70.8 Å². The van der Waals surface area contributed by atoms with E-state index in [9.17, 15) is 26.3 Å². The second-order valence-electron chi connectivity index (χ2n) is 5.03. The van der Waals surface area contributed by atoms with Gasteiger partial charge in [-0.15, -0.1) is 12.4 Å².